The normalized spacial score (nSPS) is 11.5. The molecule has 0 aliphatic carbocycles. The molecule has 23 heavy (non-hydrogen) atoms. The van der Waals surface area contributed by atoms with Gasteiger partial charge in [0, 0.05) is 19.7 Å². The highest BCUT2D eigenvalue weighted by Crippen LogP contribution is 2.16. The van der Waals surface area contributed by atoms with E-state index in [0.717, 1.165) is 23.4 Å². The van der Waals surface area contributed by atoms with Gasteiger partial charge >= 0.3 is 0 Å². The van der Waals surface area contributed by atoms with Crippen LogP contribution in [0.15, 0.2) is 29.3 Å². The van der Waals surface area contributed by atoms with Gasteiger partial charge in [-0.2, -0.15) is 5.10 Å². The molecular formula is C15H18FN3O3S. The highest BCUT2D eigenvalue weighted by Gasteiger charge is 2.21. The van der Waals surface area contributed by atoms with Gasteiger partial charge in [0.25, 0.3) is 10.0 Å². The maximum absolute atomic E-state index is 13.8. The zero-order valence-corrected chi connectivity index (χ0v) is 13.9. The number of hydrogen-bond donors (Lipinski definition) is 1. The van der Waals surface area contributed by atoms with Crippen LogP contribution in [0, 0.1) is 19.7 Å². The van der Waals surface area contributed by atoms with Gasteiger partial charge in [-0.25, -0.2) is 17.5 Å². The first-order valence-electron chi connectivity index (χ1n) is 7.00. The molecule has 1 aromatic heterocycles. The lowest BCUT2D eigenvalue weighted by molar-refractivity contribution is -0.119. The standard InChI is InChI=1S/C15H18FN3O3S/c1-10-4-6-14(13(16)8-10)23(21,22)18-15(20)7-5-12-9-19(3)17-11(12)2/h4,6,8-9H,5,7H2,1-3H3,(H,18,20). The Bertz CT molecular complexity index is 844. The predicted octanol–water partition coefficient (Wildman–Crippen LogP) is 1.61. The summed E-state index contributed by atoms with van der Waals surface area (Å²) >= 11 is 0. The molecule has 0 atom stereocenters. The van der Waals surface area contributed by atoms with Gasteiger partial charge in [-0.3, -0.25) is 9.48 Å². The lowest BCUT2D eigenvalue weighted by Crippen LogP contribution is -2.31. The van der Waals surface area contributed by atoms with Crippen molar-refractivity contribution in [3.8, 4) is 0 Å². The Hall–Kier alpha value is -2.22. The highest BCUT2D eigenvalue weighted by atomic mass is 32.2. The molecule has 2 rings (SSSR count). The average Bonchev–Trinajstić information content (AvgIpc) is 2.73. The summed E-state index contributed by atoms with van der Waals surface area (Å²) in [5.41, 5.74) is 2.24. The number of nitrogens with zero attached hydrogens (tertiary/aromatic N) is 2. The summed E-state index contributed by atoms with van der Waals surface area (Å²) in [6.45, 7) is 3.46. The largest absolute Gasteiger partial charge is 0.275 e. The number of hydrogen-bond acceptors (Lipinski definition) is 4. The van der Waals surface area contributed by atoms with E-state index in [1.165, 1.54) is 6.07 Å². The fourth-order valence-corrected chi connectivity index (χ4v) is 3.30. The number of rotatable bonds is 5. The molecule has 0 aliphatic heterocycles. The van der Waals surface area contributed by atoms with Gasteiger partial charge in [0.2, 0.25) is 5.91 Å². The van der Waals surface area contributed by atoms with Crippen molar-refractivity contribution in [2.75, 3.05) is 0 Å². The second kappa shape index (κ2) is 6.49. The number of carbonyl (C=O) groups excluding carboxylic acids is 1. The number of sulfonamides is 1. The molecule has 0 unspecified atom stereocenters. The molecule has 0 saturated heterocycles. The lowest BCUT2D eigenvalue weighted by Gasteiger charge is -2.08. The zero-order valence-electron chi connectivity index (χ0n) is 13.1. The minimum atomic E-state index is -4.21. The molecule has 1 N–H and O–H groups in total. The van der Waals surface area contributed by atoms with Crippen molar-refractivity contribution in [1.29, 1.82) is 0 Å². The smallest absolute Gasteiger partial charge is 0.266 e. The Morgan fingerprint density at radius 1 is 1.35 bits per heavy atom. The molecule has 0 radical (unpaired) electrons. The third-order valence-electron chi connectivity index (χ3n) is 3.36. The fraction of sp³-hybridized carbons (Fsp3) is 0.333. The summed E-state index contributed by atoms with van der Waals surface area (Å²) in [4.78, 5) is 11.3. The van der Waals surface area contributed by atoms with Crippen molar-refractivity contribution in [3.05, 3.63) is 47.0 Å². The Morgan fingerprint density at radius 3 is 2.61 bits per heavy atom. The third kappa shape index (κ3) is 4.16. The molecule has 0 aliphatic rings. The second-order valence-corrected chi connectivity index (χ2v) is 7.03. The van der Waals surface area contributed by atoms with E-state index < -0.39 is 26.6 Å². The molecule has 1 amide bonds. The Morgan fingerprint density at radius 2 is 2.04 bits per heavy atom. The van der Waals surface area contributed by atoms with Gasteiger partial charge in [-0.15, -0.1) is 0 Å². The number of carbonyl (C=O) groups is 1. The summed E-state index contributed by atoms with van der Waals surface area (Å²) in [6.07, 6.45) is 2.10. The monoisotopic (exact) mass is 339 g/mol. The van der Waals surface area contributed by atoms with Crippen LogP contribution in [0.3, 0.4) is 0 Å². The van der Waals surface area contributed by atoms with Crippen molar-refractivity contribution in [2.45, 2.75) is 31.6 Å². The van der Waals surface area contributed by atoms with Crippen LogP contribution >= 0.6 is 0 Å². The first-order valence-corrected chi connectivity index (χ1v) is 8.48. The van der Waals surface area contributed by atoms with Crippen LogP contribution in [-0.4, -0.2) is 24.1 Å². The minimum absolute atomic E-state index is 0.0285. The third-order valence-corrected chi connectivity index (χ3v) is 4.77. The molecule has 1 heterocycles. The van der Waals surface area contributed by atoms with E-state index in [4.69, 9.17) is 0 Å². The highest BCUT2D eigenvalue weighted by molar-refractivity contribution is 7.90. The molecule has 2 aromatic rings. The molecule has 0 fully saturated rings. The van der Waals surface area contributed by atoms with Crippen LogP contribution in [0.5, 0.6) is 0 Å². The fourth-order valence-electron chi connectivity index (χ4n) is 2.22. The molecule has 8 heteroatoms. The van der Waals surface area contributed by atoms with E-state index in [0.29, 0.717) is 12.0 Å². The van der Waals surface area contributed by atoms with E-state index in [1.54, 1.807) is 24.9 Å². The molecule has 0 saturated carbocycles. The van der Waals surface area contributed by atoms with Gasteiger partial charge in [0.15, 0.2) is 0 Å². The van der Waals surface area contributed by atoms with Crippen LogP contribution in [-0.2, 0) is 28.3 Å². The van der Waals surface area contributed by atoms with Crippen molar-refractivity contribution in [1.82, 2.24) is 14.5 Å². The maximum atomic E-state index is 13.8. The first-order chi connectivity index (χ1) is 10.7. The SMILES string of the molecule is Cc1ccc(S(=O)(=O)NC(=O)CCc2cn(C)nc2C)c(F)c1. The summed E-state index contributed by atoms with van der Waals surface area (Å²) in [5.74, 6) is -1.57. The van der Waals surface area contributed by atoms with Crippen molar-refractivity contribution < 1.29 is 17.6 Å². The lowest BCUT2D eigenvalue weighted by atomic mass is 10.1. The van der Waals surface area contributed by atoms with Gasteiger partial charge in [0.1, 0.15) is 10.7 Å². The average molecular weight is 339 g/mol. The number of halogens is 1. The second-order valence-electron chi connectivity index (χ2n) is 5.38. The van der Waals surface area contributed by atoms with Gasteiger partial charge in [-0.1, -0.05) is 6.07 Å². The number of benzene rings is 1. The maximum Gasteiger partial charge on any atom is 0.266 e. The Balaban J connectivity index is 2.05. The van der Waals surface area contributed by atoms with E-state index in [2.05, 4.69) is 5.10 Å². The van der Waals surface area contributed by atoms with Crippen LogP contribution in [0.2, 0.25) is 0 Å². The number of nitrogens with one attached hydrogen (secondary N) is 1. The van der Waals surface area contributed by atoms with E-state index in [9.17, 15) is 17.6 Å². The van der Waals surface area contributed by atoms with Crippen LogP contribution in [0.25, 0.3) is 0 Å². The van der Waals surface area contributed by atoms with Crippen molar-refractivity contribution >= 4 is 15.9 Å². The number of aryl methyl sites for hydroxylation is 4. The van der Waals surface area contributed by atoms with Crippen LogP contribution in [0.4, 0.5) is 4.39 Å². The summed E-state index contributed by atoms with van der Waals surface area (Å²) < 4.78 is 41.4. The van der Waals surface area contributed by atoms with E-state index >= 15 is 0 Å². The van der Waals surface area contributed by atoms with Gasteiger partial charge < -0.3 is 0 Å². The predicted molar refractivity (Wildman–Crippen MR) is 82.7 cm³/mol. The zero-order chi connectivity index (χ0) is 17.2. The Labute approximate surface area is 134 Å². The van der Waals surface area contributed by atoms with Gasteiger partial charge in [-0.05, 0) is 43.5 Å². The molecule has 0 bridgehead atoms. The number of aromatic nitrogens is 2. The minimum Gasteiger partial charge on any atom is -0.275 e. The van der Waals surface area contributed by atoms with Gasteiger partial charge in [0.05, 0.1) is 5.69 Å². The molecule has 0 spiro atoms. The van der Waals surface area contributed by atoms with Crippen molar-refractivity contribution in [3.63, 3.8) is 0 Å². The molecule has 124 valence electrons. The first kappa shape index (κ1) is 17.1. The molecule has 6 nitrogen and oxygen atoms in total. The Kier molecular flexibility index (Phi) is 4.84. The van der Waals surface area contributed by atoms with E-state index in [-0.39, 0.29) is 6.42 Å². The summed E-state index contributed by atoms with van der Waals surface area (Å²) in [7, 11) is -2.45. The molecular weight excluding hydrogens is 321 g/mol. The topological polar surface area (TPSA) is 81.1 Å². The summed E-state index contributed by atoms with van der Waals surface area (Å²) in [5, 5.41) is 4.15. The number of amides is 1. The quantitative estimate of drug-likeness (QED) is 0.897. The summed E-state index contributed by atoms with van der Waals surface area (Å²) in [6, 6.07) is 3.73. The van der Waals surface area contributed by atoms with Crippen LogP contribution in [0.1, 0.15) is 23.2 Å². The van der Waals surface area contributed by atoms with Crippen LogP contribution < -0.4 is 4.72 Å². The van der Waals surface area contributed by atoms with Crippen molar-refractivity contribution in [2.24, 2.45) is 7.05 Å². The molecule has 1 aromatic carbocycles. The van der Waals surface area contributed by atoms with E-state index in [1.807, 2.05) is 11.6 Å².